The summed E-state index contributed by atoms with van der Waals surface area (Å²) in [7, 11) is 0. The van der Waals surface area contributed by atoms with Gasteiger partial charge >= 0.3 is 6.03 Å². The number of urea groups is 1. The molecule has 1 aliphatic rings. The monoisotopic (exact) mass is 343 g/mol. The van der Waals surface area contributed by atoms with Crippen molar-refractivity contribution in [1.29, 1.82) is 0 Å². The molecule has 1 aliphatic heterocycles. The number of carbonyl (C=O) groups is 3. The fourth-order valence-corrected chi connectivity index (χ4v) is 2.28. The molecule has 2 N–H and O–H groups in total. The Morgan fingerprint density at radius 2 is 2.04 bits per heavy atom. The summed E-state index contributed by atoms with van der Waals surface area (Å²) >= 11 is 0. The van der Waals surface area contributed by atoms with Crippen molar-refractivity contribution in [3.63, 3.8) is 0 Å². The summed E-state index contributed by atoms with van der Waals surface area (Å²) in [6.07, 6.45) is 1.38. The highest BCUT2D eigenvalue weighted by molar-refractivity contribution is 6.15. The molecular weight excluding hydrogens is 329 g/mol. The van der Waals surface area contributed by atoms with Crippen molar-refractivity contribution < 1.29 is 23.2 Å². The third kappa shape index (κ3) is 3.57. The molecule has 0 radical (unpaired) electrons. The standard InChI is InChI=1S/C17H14FN3O4/c1-10-6-7-11(25-10)8-14-16(23)21(17(24)20-14)9-15(22)19-13-5-3-2-4-12(13)18/h2-8H,9H2,1H3,(H,19,22)(H,20,24)/b14-8+. The first-order chi connectivity index (χ1) is 11.9. The van der Waals surface area contributed by atoms with Crippen molar-refractivity contribution in [2.75, 3.05) is 11.9 Å². The molecule has 0 aliphatic carbocycles. The van der Waals surface area contributed by atoms with Crippen LogP contribution in [0.2, 0.25) is 0 Å². The van der Waals surface area contributed by atoms with Crippen LogP contribution >= 0.6 is 0 Å². The molecule has 0 bridgehead atoms. The molecule has 0 spiro atoms. The quantitative estimate of drug-likeness (QED) is 0.658. The van der Waals surface area contributed by atoms with Gasteiger partial charge in [0.2, 0.25) is 5.91 Å². The Kier molecular flexibility index (Phi) is 4.34. The molecule has 1 saturated heterocycles. The van der Waals surface area contributed by atoms with Gasteiger partial charge in [-0.25, -0.2) is 14.1 Å². The molecule has 8 heteroatoms. The van der Waals surface area contributed by atoms with E-state index in [1.165, 1.54) is 24.3 Å². The predicted octanol–water partition coefficient (Wildman–Crippen LogP) is 2.26. The van der Waals surface area contributed by atoms with E-state index >= 15 is 0 Å². The third-order valence-electron chi connectivity index (χ3n) is 3.46. The van der Waals surface area contributed by atoms with Gasteiger partial charge in [-0.15, -0.1) is 0 Å². The maximum absolute atomic E-state index is 13.5. The lowest BCUT2D eigenvalue weighted by Crippen LogP contribution is -2.38. The van der Waals surface area contributed by atoms with E-state index in [2.05, 4.69) is 10.6 Å². The zero-order valence-electron chi connectivity index (χ0n) is 13.2. The molecule has 1 aromatic carbocycles. The number of halogens is 1. The summed E-state index contributed by atoms with van der Waals surface area (Å²) in [5.74, 6) is -0.906. The van der Waals surface area contributed by atoms with Crippen molar-refractivity contribution in [2.45, 2.75) is 6.92 Å². The van der Waals surface area contributed by atoms with Crippen molar-refractivity contribution in [3.8, 4) is 0 Å². The number of furan rings is 1. The van der Waals surface area contributed by atoms with Crippen LogP contribution in [-0.4, -0.2) is 29.3 Å². The molecule has 4 amide bonds. The van der Waals surface area contributed by atoms with Crippen LogP contribution in [0, 0.1) is 12.7 Å². The number of nitrogens with one attached hydrogen (secondary N) is 2. The summed E-state index contributed by atoms with van der Waals surface area (Å²) in [5.41, 5.74) is -0.0283. The van der Waals surface area contributed by atoms with Crippen LogP contribution in [0.5, 0.6) is 0 Å². The Labute approximate surface area is 142 Å². The number of nitrogens with zero attached hydrogens (tertiary/aromatic N) is 1. The maximum atomic E-state index is 13.5. The number of benzene rings is 1. The van der Waals surface area contributed by atoms with E-state index in [9.17, 15) is 18.8 Å². The number of para-hydroxylation sites is 1. The van der Waals surface area contributed by atoms with E-state index in [4.69, 9.17) is 4.42 Å². The van der Waals surface area contributed by atoms with Gasteiger partial charge in [0.25, 0.3) is 5.91 Å². The molecule has 0 saturated carbocycles. The van der Waals surface area contributed by atoms with E-state index in [1.807, 2.05) is 0 Å². The van der Waals surface area contributed by atoms with Gasteiger partial charge in [-0.1, -0.05) is 12.1 Å². The van der Waals surface area contributed by atoms with Gasteiger partial charge in [0.05, 0.1) is 5.69 Å². The number of aryl methyl sites for hydroxylation is 1. The minimum absolute atomic E-state index is 0.00181. The van der Waals surface area contributed by atoms with E-state index in [-0.39, 0.29) is 11.4 Å². The number of hydrogen-bond donors (Lipinski definition) is 2. The first-order valence-corrected chi connectivity index (χ1v) is 7.39. The Hall–Kier alpha value is -3.42. The van der Waals surface area contributed by atoms with Gasteiger partial charge in [0.15, 0.2) is 0 Å². The summed E-state index contributed by atoms with van der Waals surface area (Å²) in [6, 6.07) is 8.24. The van der Waals surface area contributed by atoms with Gasteiger partial charge in [0.1, 0.15) is 29.6 Å². The third-order valence-corrected chi connectivity index (χ3v) is 3.46. The lowest BCUT2D eigenvalue weighted by Gasteiger charge is -2.12. The van der Waals surface area contributed by atoms with Crippen LogP contribution in [0.1, 0.15) is 11.5 Å². The van der Waals surface area contributed by atoms with E-state index < -0.39 is 30.2 Å². The zero-order chi connectivity index (χ0) is 18.0. The highest BCUT2D eigenvalue weighted by Gasteiger charge is 2.35. The number of rotatable bonds is 4. The van der Waals surface area contributed by atoms with Gasteiger partial charge in [-0.3, -0.25) is 9.59 Å². The molecule has 128 valence electrons. The van der Waals surface area contributed by atoms with Gasteiger partial charge in [-0.05, 0) is 31.2 Å². The summed E-state index contributed by atoms with van der Waals surface area (Å²) in [6.45, 7) is 1.21. The largest absolute Gasteiger partial charge is 0.462 e. The summed E-state index contributed by atoms with van der Waals surface area (Å²) < 4.78 is 18.8. The van der Waals surface area contributed by atoms with Crippen LogP contribution in [0.3, 0.4) is 0 Å². The fourth-order valence-electron chi connectivity index (χ4n) is 2.28. The zero-order valence-corrected chi connectivity index (χ0v) is 13.2. The molecule has 1 aromatic heterocycles. The normalized spacial score (nSPS) is 15.6. The Balaban J connectivity index is 1.69. The molecule has 0 unspecified atom stereocenters. The summed E-state index contributed by atoms with van der Waals surface area (Å²) in [5, 5.41) is 4.70. The smallest absolute Gasteiger partial charge is 0.329 e. The second-order valence-electron chi connectivity index (χ2n) is 5.36. The molecule has 0 atom stereocenters. The lowest BCUT2D eigenvalue weighted by atomic mass is 10.3. The van der Waals surface area contributed by atoms with Gasteiger partial charge in [0, 0.05) is 6.08 Å². The predicted molar refractivity (Wildman–Crippen MR) is 86.7 cm³/mol. The Morgan fingerprint density at radius 1 is 1.28 bits per heavy atom. The molecule has 1 fully saturated rings. The minimum Gasteiger partial charge on any atom is -0.462 e. The second-order valence-corrected chi connectivity index (χ2v) is 5.36. The Morgan fingerprint density at radius 3 is 2.72 bits per heavy atom. The molecule has 2 heterocycles. The Bertz CT molecular complexity index is 888. The molecular formula is C17H14FN3O4. The minimum atomic E-state index is -0.733. The summed E-state index contributed by atoms with van der Waals surface area (Å²) in [4.78, 5) is 36.9. The number of carbonyl (C=O) groups excluding carboxylic acids is 3. The number of imide groups is 1. The molecule has 2 aromatic rings. The average molecular weight is 343 g/mol. The maximum Gasteiger partial charge on any atom is 0.329 e. The van der Waals surface area contributed by atoms with Crippen LogP contribution in [0.25, 0.3) is 6.08 Å². The van der Waals surface area contributed by atoms with Crippen molar-refractivity contribution in [3.05, 3.63) is 59.4 Å². The van der Waals surface area contributed by atoms with E-state index in [0.717, 1.165) is 4.90 Å². The molecule has 7 nitrogen and oxygen atoms in total. The van der Waals surface area contributed by atoms with Gasteiger partial charge in [-0.2, -0.15) is 0 Å². The topological polar surface area (TPSA) is 91.7 Å². The van der Waals surface area contributed by atoms with Crippen LogP contribution < -0.4 is 10.6 Å². The molecule has 3 rings (SSSR count). The van der Waals surface area contributed by atoms with Crippen molar-refractivity contribution in [1.82, 2.24) is 10.2 Å². The SMILES string of the molecule is Cc1ccc(/C=C2/NC(=O)N(CC(=O)Nc3ccccc3F)C2=O)o1. The average Bonchev–Trinajstić information content (AvgIpc) is 3.08. The first-order valence-electron chi connectivity index (χ1n) is 7.39. The number of hydrogen-bond acceptors (Lipinski definition) is 4. The fraction of sp³-hybridized carbons (Fsp3) is 0.118. The second kappa shape index (κ2) is 6.60. The number of amides is 4. The lowest BCUT2D eigenvalue weighted by molar-refractivity contribution is -0.127. The van der Waals surface area contributed by atoms with Crippen LogP contribution in [0.4, 0.5) is 14.9 Å². The van der Waals surface area contributed by atoms with E-state index in [1.54, 1.807) is 25.1 Å². The highest BCUT2D eigenvalue weighted by atomic mass is 19.1. The molecule has 25 heavy (non-hydrogen) atoms. The van der Waals surface area contributed by atoms with Crippen LogP contribution in [0.15, 0.2) is 46.5 Å². The van der Waals surface area contributed by atoms with Crippen molar-refractivity contribution >= 4 is 29.6 Å². The highest BCUT2D eigenvalue weighted by Crippen LogP contribution is 2.17. The van der Waals surface area contributed by atoms with Crippen LogP contribution in [-0.2, 0) is 9.59 Å². The van der Waals surface area contributed by atoms with Crippen molar-refractivity contribution in [2.24, 2.45) is 0 Å². The van der Waals surface area contributed by atoms with E-state index in [0.29, 0.717) is 11.5 Å². The first kappa shape index (κ1) is 16.4. The van der Waals surface area contributed by atoms with Gasteiger partial charge < -0.3 is 15.1 Å². The number of anilines is 1.